The first kappa shape index (κ1) is 18.2. The maximum atomic E-state index is 12.4. The van der Waals surface area contributed by atoms with E-state index in [0.29, 0.717) is 26.1 Å². The smallest absolute Gasteiger partial charge is 0.226 e. The van der Waals surface area contributed by atoms with Crippen LogP contribution >= 0.6 is 0 Å². The summed E-state index contributed by atoms with van der Waals surface area (Å²) in [4.78, 5) is 26.7. The number of likely N-dealkylation sites (tertiary alicyclic amines) is 1. The molecule has 3 rings (SSSR count). The number of nitrogens with zero attached hydrogens (tertiary/aromatic N) is 1. The molecule has 1 N–H and O–H groups in total. The van der Waals surface area contributed by atoms with Crippen molar-refractivity contribution < 1.29 is 9.59 Å². The first-order chi connectivity index (χ1) is 12.6. The first-order valence-corrected chi connectivity index (χ1v) is 9.27. The van der Waals surface area contributed by atoms with Gasteiger partial charge in [-0.15, -0.1) is 0 Å². The molecule has 0 unspecified atom stereocenters. The molecule has 0 saturated carbocycles. The molecule has 1 aliphatic rings. The monoisotopic (exact) mass is 350 g/mol. The van der Waals surface area contributed by atoms with Gasteiger partial charge in [-0.3, -0.25) is 9.59 Å². The van der Waals surface area contributed by atoms with Gasteiger partial charge in [-0.05, 0) is 36.5 Å². The number of rotatable bonds is 5. The summed E-state index contributed by atoms with van der Waals surface area (Å²) in [7, 11) is 0. The summed E-state index contributed by atoms with van der Waals surface area (Å²) in [6, 6.07) is 17.9. The molecule has 0 atom stereocenters. The third kappa shape index (κ3) is 4.72. The van der Waals surface area contributed by atoms with E-state index in [1.54, 1.807) is 0 Å². The van der Waals surface area contributed by atoms with E-state index in [9.17, 15) is 9.59 Å². The zero-order valence-corrected chi connectivity index (χ0v) is 15.3. The fourth-order valence-corrected chi connectivity index (χ4v) is 3.41. The van der Waals surface area contributed by atoms with E-state index in [1.807, 2.05) is 53.4 Å². The van der Waals surface area contributed by atoms with E-state index in [2.05, 4.69) is 18.3 Å². The normalized spacial score (nSPS) is 14.9. The lowest BCUT2D eigenvalue weighted by atomic mass is 9.95. The predicted octanol–water partition coefficient (Wildman–Crippen LogP) is 3.09. The molecule has 1 saturated heterocycles. The molecule has 0 radical (unpaired) electrons. The number of hydrogen-bond acceptors (Lipinski definition) is 2. The van der Waals surface area contributed by atoms with Crippen LogP contribution in [0.4, 0.5) is 0 Å². The number of hydrogen-bond donors (Lipinski definition) is 1. The van der Waals surface area contributed by atoms with Crippen molar-refractivity contribution in [2.45, 2.75) is 32.7 Å². The van der Waals surface area contributed by atoms with Gasteiger partial charge in [-0.25, -0.2) is 0 Å². The lowest BCUT2D eigenvalue weighted by Gasteiger charge is -2.31. The third-order valence-corrected chi connectivity index (χ3v) is 5.13. The summed E-state index contributed by atoms with van der Waals surface area (Å²) < 4.78 is 0. The van der Waals surface area contributed by atoms with Crippen LogP contribution in [0.1, 0.15) is 29.5 Å². The Bertz CT molecular complexity index is 750. The Kier molecular flexibility index (Phi) is 6.05. The summed E-state index contributed by atoms with van der Waals surface area (Å²) >= 11 is 0. The second-order valence-corrected chi connectivity index (χ2v) is 6.96. The van der Waals surface area contributed by atoms with Crippen molar-refractivity contribution in [1.29, 1.82) is 0 Å². The maximum absolute atomic E-state index is 12.4. The highest BCUT2D eigenvalue weighted by molar-refractivity contribution is 5.81. The maximum Gasteiger partial charge on any atom is 0.226 e. The Morgan fingerprint density at radius 2 is 1.65 bits per heavy atom. The molecule has 2 aromatic rings. The lowest BCUT2D eigenvalue weighted by molar-refractivity contribution is -0.135. The van der Waals surface area contributed by atoms with E-state index in [1.165, 1.54) is 5.56 Å². The average molecular weight is 350 g/mol. The van der Waals surface area contributed by atoms with E-state index in [4.69, 9.17) is 0 Å². The van der Waals surface area contributed by atoms with Gasteiger partial charge >= 0.3 is 0 Å². The van der Waals surface area contributed by atoms with Gasteiger partial charge in [0.25, 0.3) is 0 Å². The minimum Gasteiger partial charge on any atom is -0.352 e. The lowest BCUT2D eigenvalue weighted by Crippen LogP contribution is -2.43. The van der Waals surface area contributed by atoms with Gasteiger partial charge in [0.15, 0.2) is 0 Å². The molecule has 0 aliphatic carbocycles. The van der Waals surface area contributed by atoms with E-state index < -0.39 is 0 Å². The van der Waals surface area contributed by atoms with Crippen LogP contribution in [0.5, 0.6) is 0 Å². The van der Waals surface area contributed by atoms with Crippen LogP contribution < -0.4 is 5.32 Å². The van der Waals surface area contributed by atoms with Gasteiger partial charge in [-0.2, -0.15) is 0 Å². The van der Waals surface area contributed by atoms with Crippen LogP contribution in [-0.4, -0.2) is 29.8 Å². The van der Waals surface area contributed by atoms with Gasteiger partial charge in [0, 0.05) is 25.6 Å². The number of carbonyl (C=O) groups is 2. The van der Waals surface area contributed by atoms with Crippen LogP contribution in [0, 0.1) is 12.8 Å². The molecule has 2 aromatic carbocycles. The van der Waals surface area contributed by atoms with Crippen LogP contribution in [-0.2, 0) is 22.6 Å². The molecule has 0 bridgehead atoms. The zero-order valence-electron chi connectivity index (χ0n) is 15.3. The van der Waals surface area contributed by atoms with Crippen molar-refractivity contribution in [2.24, 2.45) is 5.92 Å². The first-order valence-electron chi connectivity index (χ1n) is 9.27. The second kappa shape index (κ2) is 8.65. The number of carbonyl (C=O) groups excluding carboxylic acids is 2. The van der Waals surface area contributed by atoms with Crippen molar-refractivity contribution in [2.75, 3.05) is 13.1 Å². The number of benzene rings is 2. The molecule has 2 amide bonds. The summed E-state index contributed by atoms with van der Waals surface area (Å²) in [5.74, 6) is 0.248. The van der Waals surface area contributed by atoms with Crippen molar-refractivity contribution in [3.8, 4) is 0 Å². The van der Waals surface area contributed by atoms with Crippen molar-refractivity contribution in [3.63, 3.8) is 0 Å². The van der Waals surface area contributed by atoms with Crippen LogP contribution in [0.15, 0.2) is 54.6 Å². The molecular weight excluding hydrogens is 324 g/mol. The molecule has 1 aliphatic heterocycles. The highest BCUT2D eigenvalue weighted by Crippen LogP contribution is 2.19. The third-order valence-electron chi connectivity index (χ3n) is 5.13. The fourth-order valence-electron chi connectivity index (χ4n) is 3.41. The number of nitrogens with one attached hydrogen (secondary N) is 1. The standard InChI is InChI=1S/C22H26N2O2/c1-17-7-5-6-10-20(17)16-23-22(26)19-11-13-24(14-12-19)21(25)15-18-8-3-2-4-9-18/h2-10,19H,11-16H2,1H3,(H,23,26). The summed E-state index contributed by atoms with van der Waals surface area (Å²) in [6.07, 6.45) is 1.91. The van der Waals surface area contributed by atoms with Crippen LogP contribution in [0.3, 0.4) is 0 Å². The molecule has 4 nitrogen and oxygen atoms in total. The molecule has 0 spiro atoms. The Morgan fingerprint density at radius 3 is 2.35 bits per heavy atom. The number of amides is 2. The average Bonchev–Trinajstić information content (AvgIpc) is 2.68. The molecule has 26 heavy (non-hydrogen) atoms. The Hall–Kier alpha value is -2.62. The predicted molar refractivity (Wildman–Crippen MR) is 102 cm³/mol. The quantitative estimate of drug-likeness (QED) is 0.901. The Balaban J connectivity index is 1.45. The van der Waals surface area contributed by atoms with Gasteiger partial charge in [-0.1, -0.05) is 54.6 Å². The van der Waals surface area contributed by atoms with E-state index in [-0.39, 0.29) is 17.7 Å². The van der Waals surface area contributed by atoms with E-state index >= 15 is 0 Å². The number of piperidine rings is 1. The van der Waals surface area contributed by atoms with Gasteiger partial charge in [0.1, 0.15) is 0 Å². The molecular formula is C22H26N2O2. The molecule has 4 heteroatoms. The van der Waals surface area contributed by atoms with Crippen LogP contribution in [0.25, 0.3) is 0 Å². The Morgan fingerprint density at radius 1 is 1.00 bits per heavy atom. The van der Waals surface area contributed by atoms with Crippen molar-refractivity contribution in [3.05, 3.63) is 71.3 Å². The van der Waals surface area contributed by atoms with Crippen molar-refractivity contribution in [1.82, 2.24) is 10.2 Å². The molecule has 1 fully saturated rings. The fraction of sp³-hybridized carbons (Fsp3) is 0.364. The summed E-state index contributed by atoms with van der Waals surface area (Å²) in [5.41, 5.74) is 3.38. The van der Waals surface area contributed by atoms with Crippen molar-refractivity contribution >= 4 is 11.8 Å². The zero-order chi connectivity index (χ0) is 18.4. The molecule has 0 aromatic heterocycles. The van der Waals surface area contributed by atoms with Crippen LogP contribution in [0.2, 0.25) is 0 Å². The molecule has 1 heterocycles. The Labute approximate surface area is 155 Å². The minimum atomic E-state index is -0.000191. The number of aryl methyl sites for hydroxylation is 1. The topological polar surface area (TPSA) is 49.4 Å². The molecule has 136 valence electrons. The second-order valence-electron chi connectivity index (χ2n) is 6.96. The summed E-state index contributed by atoms with van der Waals surface area (Å²) in [5, 5.41) is 3.05. The van der Waals surface area contributed by atoms with Gasteiger partial charge < -0.3 is 10.2 Å². The van der Waals surface area contributed by atoms with Gasteiger partial charge in [0.2, 0.25) is 11.8 Å². The van der Waals surface area contributed by atoms with E-state index in [0.717, 1.165) is 24.0 Å². The largest absolute Gasteiger partial charge is 0.352 e. The summed E-state index contributed by atoms with van der Waals surface area (Å²) in [6.45, 7) is 3.94. The SMILES string of the molecule is Cc1ccccc1CNC(=O)C1CCN(C(=O)Cc2ccccc2)CC1. The van der Waals surface area contributed by atoms with Gasteiger partial charge in [0.05, 0.1) is 6.42 Å². The highest BCUT2D eigenvalue weighted by atomic mass is 16.2. The minimum absolute atomic E-state index is 0.000191. The highest BCUT2D eigenvalue weighted by Gasteiger charge is 2.27.